The molecular weight excluding hydrogens is 353 g/mol. The number of halogens is 1. The van der Waals surface area contributed by atoms with Gasteiger partial charge < -0.3 is 9.47 Å². The van der Waals surface area contributed by atoms with Gasteiger partial charge in [0.1, 0.15) is 5.82 Å². The van der Waals surface area contributed by atoms with E-state index in [0.29, 0.717) is 22.9 Å². The molecule has 0 radical (unpaired) electrons. The molecule has 0 bridgehead atoms. The first kappa shape index (κ1) is 17.0. The number of ether oxygens (including phenoxy) is 2. The Hall–Kier alpha value is -3.48. The summed E-state index contributed by atoms with van der Waals surface area (Å²) in [4.78, 5) is 37.1. The summed E-state index contributed by atoms with van der Waals surface area (Å²) in [6.07, 6.45) is 0.683. The fourth-order valence-electron chi connectivity index (χ4n) is 3.02. The minimum atomic E-state index is -0.956. The van der Waals surface area contributed by atoms with Crippen LogP contribution in [0.3, 0.4) is 0 Å². The molecule has 1 fully saturated rings. The highest BCUT2D eigenvalue weighted by atomic mass is 19.1. The first-order chi connectivity index (χ1) is 13.0. The summed E-state index contributed by atoms with van der Waals surface area (Å²) in [5, 5.41) is 0.725. The molecule has 1 atom stereocenters. The van der Waals surface area contributed by atoms with Crippen LogP contribution < -0.4 is 5.56 Å². The number of hydrogen-bond donors (Lipinski definition) is 0. The van der Waals surface area contributed by atoms with E-state index in [2.05, 4.69) is 0 Å². The lowest BCUT2D eigenvalue weighted by molar-refractivity contribution is -0.145. The van der Waals surface area contributed by atoms with Crippen molar-refractivity contribution in [2.75, 3.05) is 6.61 Å². The van der Waals surface area contributed by atoms with Gasteiger partial charge in [0.25, 0.3) is 5.56 Å². The van der Waals surface area contributed by atoms with Gasteiger partial charge in [-0.25, -0.2) is 14.0 Å². The molecule has 1 unspecified atom stereocenters. The van der Waals surface area contributed by atoms with Gasteiger partial charge in [-0.15, -0.1) is 0 Å². The molecule has 0 aliphatic carbocycles. The number of rotatable bonds is 3. The Morgan fingerprint density at radius 1 is 1.07 bits per heavy atom. The van der Waals surface area contributed by atoms with Crippen LogP contribution in [0.1, 0.15) is 16.8 Å². The molecule has 27 heavy (non-hydrogen) atoms. The third-order valence-electron chi connectivity index (χ3n) is 4.39. The molecule has 2 heterocycles. The van der Waals surface area contributed by atoms with Crippen molar-refractivity contribution in [1.29, 1.82) is 0 Å². The molecule has 1 saturated heterocycles. The van der Waals surface area contributed by atoms with E-state index in [1.165, 1.54) is 35.0 Å². The zero-order valence-corrected chi connectivity index (χ0v) is 14.1. The molecule has 1 aliphatic rings. The normalized spacial score (nSPS) is 16.3. The lowest BCUT2D eigenvalue weighted by atomic mass is 10.1. The van der Waals surface area contributed by atoms with Crippen molar-refractivity contribution < 1.29 is 23.5 Å². The molecular formula is C20H14FNO5. The molecule has 3 aromatic rings. The first-order valence-corrected chi connectivity index (χ1v) is 8.32. The number of aromatic nitrogens is 1. The molecule has 6 nitrogen and oxygen atoms in total. The summed E-state index contributed by atoms with van der Waals surface area (Å²) in [5.41, 5.74) is 0.185. The summed E-state index contributed by atoms with van der Waals surface area (Å²) in [7, 11) is 0. The van der Waals surface area contributed by atoms with Gasteiger partial charge in [-0.05, 0) is 30.3 Å². The number of carbonyl (C=O) groups is 2. The van der Waals surface area contributed by atoms with Gasteiger partial charge >= 0.3 is 11.9 Å². The largest absolute Gasteiger partial charge is 0.463 e. The Kier molecular flexibility index (Phi) is 4.19. The Bertz CT molecular complexity index is 1100. The quantitative estimate of drug-likeness (QED) is 0.665. The lowest BCUT2D eigenvalue weighted by Gasteiger charge is -2.13. The molecule has 7 heteroatoms. The molecule has 136 valence electrons. The molecule has 0 amide bonds. The van der Waals surface area contributed by atoms with Crippen LogP contribution in [0.5, 0.6) is 0 Å². The van der Waals surface area contributed by atoms with E-state index < -0.39 is 23.9 Å². The van der Waals surface area contributed by atoms with Crippen molar-refractivity contribution in [3.05, 3.63) is 76.5 Å². The van der Waals surface area contributed by atoms with Gasteiger partial charge in [0.2, 0.25) is 6.10 Å². The Morgan fingerprint density at radius 3 is 2.44 bits per heavy atom. The second-order valence-electron chi connectivity index (χ2n) is 6.09. The smallest absolute Gasteiger partial charge is 0.347 e. The average molecular weight is 367 g/mol. The maximum atomic E-state index is 13.2. The van der Waals surface area contributed by atoms with Crippen molar-refractivity contribution >= 4 is 22.7 Å². The number of pyridine rings is 1. The van der Waals surface area contributed by atoms with Crippen molar-refractivity contribution in [1.82, 2.24) is 4.57 Å². The van der Waals surface area contributed by atoms with Crippen LogP contribution in [0.15, 0.2) is 59.5 Å². The molecule has 2 aromatic carbocycles. The van der Waals surface area contributed by atoms with Crippen LogP contribution in [0.25, 0.3) is 16.5 Å². The zero-order chi connectivity index (χ0) is 19.0. The maximum Gasteiger partial charge on any atom is 0.347 e. The summed E-state index contributed by atoms with van der Waals surface area (Å²) >= 11 is 0. The van der Waals surface area contributed by atoms with Gasteiger partial charge in [-0.2, -0.15) is 0 Å². The highest BCUT2D eigenvalue weighted by molar-refractivity contribution is 6.04. The summed E-state index contributed by atoms with van der Waals surface area (Å²) < 4.78 is 24.6. The van der Waals surface area contributed by atoms with Crippen molar-refractivity contribution in [2.24, 2.45) is 0 Å². The van der Waals surface area contributed by atoms with E-state index in [1.807, 2.05) is 0 Å². The zero-order valence-electron chi connectivity index (χ0n) is 14.1. The number of esters is 2. The van der Waals surface area contributed by atoms with Gasteiger partial charge in [0, 0.05) is 29.1 Å². The average Bonchev–Trinajstić information content (AvgIpc) is 3.08. The Labute approximate surface area is 152 Å². The fraction of sp³-hybridized carbons (Fsp3) is 0.150. The summed E-state index contributed by atoms with van der Waals surface area (Å²) in [5.74, 6) is -1.75. The minimum Gasteiger partial charge on any atom is -0.463 e. The number of cyclic esters (lactones) is 1. The Morgan fingerprint density at radius 2 is 1.78 bits per heavy atom. The number of nitrogens with zero attached hydrogens (tertiary/aromatic N) is 1. The molecule has 0 N–H and O–H groups in total. The Balaban J connectivity index is 1.85. The van der Waals surface area contributed by atoms with Crippen LogP contribution in [-0.4, -0.2) is 29.2 Å². The van der Waals surface area contributed by atoms with Crippen LogP contribution in [0.4, 0.5) is 4.39 Å². The second-order valence-corrected chi connectivity index (χ2v) is 6.09. The van der Waals surface area contributed by atoms with Crippen LogP contribution in [-0.2, 0) is 14.3 Å². The van der Waals surface area contributed by atoms with Crippen molar-refractivity contribution in [3.8, 4) is 5.69 Å². The highest BCUT2D eigenvalue weighted by Gasteiger charge is 2.31. The number of hydrogen-bond acceptors (Lipinski definition) is 5. The van der Waals surface area contributed by atoms with Gasteiger partial charge in [0.05, 0.1) is 12.2 Å². The summed E-state index contributed by atoms with van der Waals surface area (Å²) in [6, 6.07) is 11.9. The van der Waals surface area contributed by atoms with Gasteiger partial charge in [0.15, 0.2) is 0 Å². The van der Waals surface area contributed by atoms with E-state index in [9.17, 15) is 18.8 Å². The monoisotopic (exact) mass is 367 g/mol. The van der Waals surface area contributed by atoms with Crippen LogP contribution in [0, 0.1) is 5.82 Å². The van der Waals surface area contributed by atoms with Crippen molar-refractivity contribution in [2.45, 2.75) is 12.5 Å². The third-order valence-corrected chi connectivity index (χ3v) is 4.39. The highest BCUT2D eigenvalue weighted by Crippen LogP contribution is 2.21. The topological polar surface area (TPSA) is 74.6 Å². The van der Waals surface area contributed by atoms with Crippen LogP contribution >= 0.6 is 0 Å². The molecule has 1 aromatic heterocycles. The predicted octanol–water partition coefficient (Wildman–Crippen LogP) is 2.60. The van der Waals surface area contributed by atoms with Crippen molar-refractivity contribution in [3.63, 3.8) is 0 Å². The third kappa shape index (κ3) is 3.08. The molecule has 0 spiro atoms. The lowest BCUT2D eigenvalue weighted by Crippen LogP contribution is -2.25. The number of benzene rings is 2. The molecule has 1 aliphatic heterocycles. The maximum absolute atomic E-state index is 13.2. The van der Waals surface area contributed by atoms with E-state index in [1.54, 1.807) is 24.3 Å². The predicted molar refractivity (Wildman–Crippen MR) is 94.3 cm³/mol. The standard InChI is InChI=1S/C20H14FNO5/c21-12-5-7-13(8-6-12)22-11-16(14-3-1-2-4-15(14)18(22)23)19(24)27-17-9-10-26-20(17)25/h1-8,11,17H,9-10H2. The summed E-state index contributed by atoms with van der Waals surface area (Å²) in [6.45, 7) is 0.201. The van der Waals surface area contributed by atoms with Gasteiger partial charge in [-0.1, -0.05) is 18.2 Å². The van der Waals surface area contributed by atoms with E-state index in [4.69, 9.17) is 9.47 Å². The second kappa shape index (κ2) is 6.68. The molecule has 0 saturated carbocycles. The first-order valence-electron chi connectivity index (χ1n) is 8.32. The van der Waals surface area contributed by atoms with E-state index in [-0.39, 0.29) is 17.7 Å². The van der Waals surface area contributed by atoms with Crippen LogP contribution in [0.2, 0.25) is 0 Å². The SMILES string of the molecule is O=C(OC1CCOC1=O)c1cn(-c2ccc(F)cc2)c(=O)c2ccccc12. The van der Waals surface area contributed by atoms with Gasteiger partial charge in [-0.3, -0.25) is 9.36 Å². The van der Waals surface area contributed by atoms with E-state index >= 15 is 0 Å². The number of carbonyl (C=O) groups excluding carboxylic acids is 2. The molecule has 4 rings (SSSR count). The minimum absolute atomic E-state index is 0.134. The fourth-order valence-corrected chi connectivity index (χ4v) is 3.02. The van der Waals surface area contributed by atoms with E-state index in [0.717, 1.165) is 0 Å². The number of fused-ring (bicyclic) bond motifs is 1.